The maximum Gasteiger partial charge on any atom is 0.243 e. The number of aliphatic hydroxyl groups is 2. The van der Waals surface area contributed by atoms with Crippen molar-refractivity contribution < 1.29 is 15.0 Å². The lowest BCUT2D eigenvalue weighted by atomic mass is 10.1. The molecule has 2 rings (SSSR count). The van der Waals surface area contributed by atoms with Crippen LogP contribution < -0.4 is 5.32 Å². The van der Waals surface area contributed by atoms with Crippen LogP contribution >= 0.6 is 23.8 Å². The Hall–Kier alpha value is -1.96. The van der Waals surface area contributed by atoms with Crippen molar-refractivity contribution in [2.45, 2.75) is 38.5 Å². The number of nitrogens with zero attached hydrogens (tertiary/aromatic N) is 1. The highest BCUT2D eigenvalue weighted by atomic mass is 35.5. The van der Waals surface area contributed by atoms with E-state index in [9.17, 15) is 15.0 Å². The Morgan fingerprint density at radius 3 is 2.73 bits per heavy atom. The van der Waals surface area contributed by atoms with Gasteiger partial charge in [0.1, 0.15) is 11.8 Å². The van der Waals surface area contributed by atoms with Crippen LogP contribution in [0.25, 0.3) is 0 Å². The third-order valence-corrected chi connectivity index (χ3v) is 4.63. The summed E-state index contributed by atoms with van der Waals surface area (Å²) in [6.45, 7) is 2.14. The molecule has 1 saturated heterocycles. The van der Waals surface area contributed by atoms with Gasteiger partial charge in [-0.25, -0.2) is 0 Å². The number of likely N-dealkylation sites (tertiary alicyclic amines) is 1. The lowest BCUT2D eigenvalue weighted by molar-refractivity contribution is -0.124. The summed E-state index contributed by atoms with van der Waals surface area (Å²) in [4.78, 5) is 14.6. The van der Waals surface area contributed by atoms with Crippen LogP contribution in [0.2, 0.25) is 5.02 Å². The third-order valence-electron chi connectivity index (χ3n) is 4.00. The molecular weight excluding hydrogens is 374 g/mol. The molecule has 1 aromatic carbocycles. The molecule has 0 aliphatic carbocycles. The Labute approximate surface area is 163 Å². The number of rotatable bonds is 6. The first-order valence-electron chi connectivity index (χ1n) is 8.20. The molecule has 4 N–H and O–H groups in total. The predicted octanol–water partition coefficient (Wildman–Crippen LogP) is 2.59. The Morgan fingerprint density at radius 2 is 2.12 bits per heavy atom. The highest BCUT2D eigenvalue weighted by Crippen LogP contribution is 2.21. The van der Waals surface area contributed by atoms with E-state index in [4.69, 9.17) is 29.2 Å². The SMILES string of the molecule is CC(=N)/C=C(\O)CC(=S)N1C[C@H](O)C[C@H]1C(=O)NCc1ccc(Cl)cc1. The maximum absolute atomic E-state index is 12.5. The quantitative estimate of drug-likeness (QED) is 0.337. The van der Waals surface area contributed by atoms with Crippen molar-refractivity contribution in [3.05, 3.63) is 46.7 Å². The van der Waals surface area contributed by atoms with E-state index in [1.54, 1.807) is 24.0 Å². The number of β-amino-alcohol motifs (C(OH)–C–C–N with tert-alkyl or cyclic N) is 1. The monoisotopic (exact) mass is 395 g/mol. The van der Waals surface area contributed by atoms with Gasteiger partial charge in [-0.05, 0) is 30.7 Å². The molecule has 0 saturated carbocycles. The van der Waals surface area contributed by atoms with Crippen molar-refractivity contribution in [3.63, 3.8) is 0 Å². The molecule has 6 nitrogen and oxygen atoms in total. The topological polar surface area (TPSA) is 96.7 Å². The second-order valence-electron chi connectivity index (χ2n) is 6.29. The molecule has 140 valence electrons. The zero-order valence-corrected chi connectivity index (χ0v) is 16.0. The number of nitrogens with one attached hydrogen (secondary N) is 2. The molecule has 1 aliphatic rings. The summed E-state index contributed by atoms with van der Waals surface area (Å²) in [7, 11) is 0. The Balaban J connectivity index is 1.98. The first-order valence-corrected chi connectivity index (χ1v) is 8.99. The van der Waals surface area contributed by atoms with Crippen LogP contribution in [0.3, 0.4) is 0 Å². The molecule has 1 fully saturated rings. The van der Waals surface area contributed by atoms with E-state index in [0.717, 1.165) is 5.56 Å². The van der Waals surface area contributed by atoms with Crippen molar-refractivity contribution in [2.75, 3.05) is 6.54 Å². The first kappa shape index (κ1) is 20.4. The molecule has 0 aromatic heterocycles. The van der Waals surface area contributed by atoms with Gasteiger partial charge in [-0.15, -0.1) is 0 Å². The summed E-state index contributed by atoms with van der Waals surface area (Å²) in [5, 5.41) is 30.6. The molecule has 1 aliphatic heterocycles. The highest BCUT2D eigenvalue weighted by molar-refractivity contribution is 7.80. The summed E-state index contributed by atoms with van der Waals surface area (Å²) in [5.74, 6) is -0.269. The van der Waals surface area contributed by atoms with Crippen LogP contribution in [0, 0.1) is 5.41 Å². The summed E-state index contributed by atoms with van der Waals surface area (Å²) >= 11 is 11.2. The lowest BCUT2D eigenvalue weighted by Gasteiger charge is -2.26. The molecule has 2 atom stereocenters. The van der Waals surface area contributed by atoms with E-state index in [1.807, 2.05) is 12.1 Å². The summed E-state index contributed by atoms with van der Waals surface area (Å²) in [5.41, 5.74) is 1.13. The fourth-order valence-electron chi connectivity index (χ4n) is 2.80. The van der Waals surface area contributed by atoms with E-state index in [2.05, 4.69) is 5.32 Å². The molecule has 8 heteroatoms. The lowest BCUT2D eigenvalue weighted by Crippen LogP contribution is -2.45. The van der Waals surface area contributed by atoms with Gasteiger partial charge in [-0.2, -0.15) is 0 Å². The molecular formula is C18H22ClN3O3S. The third kappa shape index (κ3) is 5.79. The molecule has 1 amide bonds. The van der Waals surface area contributed by atoms with Crippen molar-refractivity contribution in [1.82, 2.24) is 10.2 Å². The minimum absolute atomic E-state index is 0.0378. The molecule has 26 heavy (non-hydrogen) atoms. The van der Waals surface area contributed by atoms with Gasteiger partial charge in [-0.1, -0.05) is 36.0 Å². The van der Waals surface area contributed by atoms with E-state index in [0.29, 0.717) is 16.6 Å². The van der Waals surface area contributed by atoms with Crippen LogP contribution in [0.15, 0.2) is 36.1 Å². The van der Waals surface area contributed by atoms with Gasteiger partial charge in [-0.3, -0.25) is 4.79 Å². The second-order valence-corrected chi connectivity index (χ2v) is 7.20. The Bertz CT molecular complexity index is 721. The van der Waals surface area contributed by atoms with E-state index in [-0.39, 0.29) is 36.8 Å². The molecule has 0 bridgehead atoms. The second kappa shape index (κ2) is 9.12. The maximum atomic E-state index is 12.5. The van der Waals surface area contributed by atoms with Gasteiger partial charge >= 0.3 is 0 Å². The van der Waals surface area contributed by atoms with E-state index in [1.165, 1.54) is 6.08 Å². The fourth-order valence-corrected chi connectivity index (χ4v) is 3.28. The zero-order chi connectivity index (χ0) is 19.3. The smallest absolute Gasteiger partial charge is 0.243 e. The standard InChI is InChI=1S/C18H22ClN3O3S/c1-11(20)6-14(23)8-17(26)22-10-15(24)7-16(22)18(25)21-9-12-2-4-13(19)5-3-12/h2-6,15-16,20,23-24H,7-10H2,1H3,(H,21,25)/b14-6-,20-11?/t15-,16+/m1/s1. The molecule has 1 aromatic rings. The highest BCUT2D eigenvalue weighted by Gasteiger charge is 2.37. The molecule has 0 unspecified atom stereocenters. The van der Waals surface area contributed by atoms with Gasteiger partial charge < -0.3 is 25.8 Å². The van der Waals surface area contributed by atoms with Crippen molar-refractivity contribution in [2.24, 2.45) is 0 Å². The van der Waals surface area contributed by atoms with Crippen molar-refractivity contribution in [3.8, 4) is 0 Å². The number of aliphatic hydroxyl groups excluding tert-OH is 2. The van der Waals surface area contributed by atoms with E-state index >= 15 is 0 Å². The number of amides is 1. The van der Waals surface area contributed by atoms with Gasteiger partial charge in [0, 0.05) is 30.2 Å². The van der Waals surface area contributed by atoms with Crippen molar-refractivity contribution >= 4 is 40.4 Å². The molecule has 0 spiro atoms. The number of benzene rings is 1. The van der Waals surface area contributed by atoms with Crippen LogP contribution in [0.5, 0.6) is 0 Å². The number of carbonyl (C=O) groups is 1. The Kier molecular flexibility index (Phi) is 7.14. The number of halogens is 1. The number of thiocarbonyl (C=S) groups is 1. The van der Waals surface area contributed by atoms with Gasteiger partial charge in [0.2, 0.25) is 5.91 Å². The van der Waals surface area contributed by atoms with Crippen LogP contribution in [0.4, 0.5) is 0 Å². The van der Waals surface area contributed by atoms with Crippen LogP contribution in [-0.4, -0.2) is 50.4 Å². The number of hydrogen-bond acceptors (Lipinski definition) is 5. The fraction of sp³-hybridized carbons (Fsp3) is 0.389. The largest absolute Gasteiger partial charge is 0.512 e. The minimum Gasteiger partial charge on any atom is -0.512 e. The zero-order valence-electron chi connectivity index (χ0n) is 14.4. The number of allylic oxidation sites excluding steroid dienone is 1. The van der Waals surface area contributed by atoms with Gasteiger partial charge in [0.15, 0.2) is 0 Å². The number of hydrogen-bond donors (Lipinski definition) is 4. The minimum atomic E-state index is -0.658. The molecule has 1 heterocycles. The van der Waals surface area contributed by atoms with E-state index < -0.39 is 12.1 Å². The normalized spacial score (nSPS) is 20.1. The van der Waals surface area contributed by atoms with Crippen LogP contribution in [0.1, 0.15) is 25.3 Å². The van der Waals surface area contributed by atoms with Crippen molar-refractivity contribution in [1.29, 1.82) is 5.41 Å². The first-order chi connectivity index (χ1) is 12.3. The summed E-state index contributed by atoms with van der Waals surface area (Å²) < 4.78 is 0. The predicted molar refractivity (Wildman–Crippen MR) is 106 cm³/mol. The molecule has 0 radical (unpaired) electrons. The average molecular weight is 396 g/mol. The van der Waals surface area contributed by atoms with Crippen LogP contribution in [-0.2, 0) is 11.3 Å². The summed E-state index contributed by atoms with van der Waals surface area (Å²) in [6, 6.07) is 6.58. The Morgan fingerprint density at radius 1 is 1.46 bits per heavy atom. The van der Waals surface area contributed by atoms with Gasteiger partial charge in [0.05, 0.1) is 17.5 Å². The van der Waals surface area contributed by atoms with Gasteiger partial charge in [0.25, 0.3) is 0 Å². The summed E-state index contributed by atoms with van der Waals surface area (Å²) in [6.07, 6.45) is 0.990. The average Bonchev–Trinajstić information content (AvgIpc) is 2.95. The number of carbonyl (C=O) groups excluding carboxylic acids is 1.